The zero-order valence-corrected chi connectivity index (χ0v) is 35.0. The molecule has 0 N–H and O–H groups in total. The van der Waals surface area contributed by atoms with Crippen molar-refractivity contribution in [2.75, 3.05) is 4.90 Å². The molecule has 0 amide bonds. The quantitative estimate of drug-likeness (QED) is 0.155. The highest BCUT2D eigenvalue weighted by Crippen LogP contribution is 2.55. The summed E-state index contributed by atoms with van der Waals surface area (Å²) >= 11 is 0. The van der Waals surface area contributed by atoms with E-state index in [0.29, 0.717) is 0 Å². The average molecular weight is 802 g/mol. The van der Waals surface area contributed by atoms with Gasteiger partial charge in [-0.15, -0.1) is 0 Å². The number of anilines is 3. The Hall–Kier alpha value is -8.00. The lowest BCUT2D eigenvalue weighted by molar-refractivity contribution is 0.714. The van der Waals surface area contributed by atoms with Crippen LogP contribution in [0.25, 0.3) is 76.8 Å². The molecule has 0 radical (unpaired) electrons. The highest BCUT2D eigenvalue weighted by molar-refractivity contribution is 6.00. The Balaban J connectivity index is 0.954. The molecule has 63 heavy (non-hydrogen) atoms. The fourth-order valence-corrected chi connectivity index (χ4v) is 10.4. The molecule has 0 aliphatic heterocycles. The summed E-state index contributed by atoms with van der Waals surface area (Å²) in [6.45, 7) is 2.39. The lowest BCUT2D eigenvalue weighted by Gasteiger charge is -2.28. The Morgan fingerprint density at radius 1 is 0.302 bits per heavy atom. The Morgan fingerprint density at radius 2 is 0.762 bits per heavy atom. The van der Waals surface area contributed by atoms with Crippen LogP contribution in [0.15, 0.2) is 243 Å². The molecule has 0 saturated heterocycles. The van der Waals surface area contributed by atoms with Gasteiger partial charge in [0.05, 0.1) is 0 Å². The lowest BCUT2D eigenvalue weighted by Crippen LogP contribution is -2.22. The molecule has 1 aliphatic rings. The summed E-state index contributed by atoms with van der Waals surface area (Å²) in [5.74, 6) is 0. The van der Waals surface area contributed by atoms with Crippen molar-refractivity contribution in [2.24, 2.45) is 0 Å². The first kappa shape index (κ1) is 36.8. The first-order valence-electron chi connectivity index (χ1n) is 21.9. The molecule has 12 rings (SSSR count). The van der Waals surface area contributed by atoms with Crippen LogP contribution in [0.5, 0.6) is 0 Å². The van der Waals surface area contributed by atoms with Crippen LogP contribution in [0.1, 0.15) is 23.6 Å². The van der Waals surface area contributed by atoms with Gasteiger partial charge in [-0.25, -0.2) is 0 Å². The third kappa shape index (κ3) is 6.08. The van der Waals surface area contributed by atoms with E-state index in [1.807, 2.05) is 0 Å². The van der Waals surface area contributed by atoms with E-state index in [0.717, 1.165) is 17.1 Å². The van der Waals surface area contributed by atoms with Crippen molar-refractivity contribution in [3.63, 3.8) is 0 Å². The second kappa shape index (κ2) is 14.9. The monoisotopic (exact) mass is 801 g/mol. The molecule has 0 fully saturated rings. The maximum Gasteiger partial charge on any atom is 0.0468 e. The van der Waals surface area contributed by atoms with E-state index in [1.54, 1.807) is 0 Å². The van der Waals surface area contributed by atoms with Gasteiger partial charge in [-0.3, -0.25) is 0 Å². The van der Waals surface area contributed by atoms with Gasteiger partial charge in [-0.1, -0.05) is 200 Å². The molecule has 1 unspecified atom stereocenters. The molecule has 0 aromatic heterocycles. The van der Waals surface area contributed by atoms with Crippen LogP contribution in [-0.2, 0) is 5.41 Å². The van der Waals surface area contributed by atoms with Crippen molar-refractivity contribution >= 4 is 49.4 Å². The molecule has 296 valence electrons. The Labute approximate surface area is 368 Å². The van der Waals surface area contributed by atoms with Crippen LogP contribution >= 0.6 is 0 Å². The van der Waals surface area contributed by atoms with E-state index >= 15 is 0 Å². The highest BCUT2D eigenvalue weighted by Gasteiger charge is 2.41. The minimum atomic E-state index is -0.238. The zero-order valence-electron chi connectivity index (χ0n) is 35.0. The Bertz CT molecular complexity index is 3380. The van der Waals surface area contributed by atoms with E-state index < -0.39 is 0 Å². The van der Waals surface area contributed by atoms with E-state index in [4.69, 9.17) is 0 Å². The number of hydrogen-bond donors (Lipinski definition) is 0. The van der Waals surface area contributed by atoms with E-state index in [1.165, 1.54) is 93.5 Å². The molecule has 1 nitrogen and oxygen atoms in total. The van der Waals surface area contributed by atoms with Crippen LogP contribution in [0.4, 0.5) is 17.1 Å². The van der Waals surface area contributed by atoms with Crippen molar-refractivity contribution in [3.8, 4) is 44.5 Å². The maximum atomic E-state index is 2.39. The minimum absolute atomic E-state index is 0.238. The second-order valence-electron chi connectivity index (χ2n) is 17.0. The summed E-state index contributed by atoms with van der Waals surface area (Å²) in [5, 5.41) is 7.43. The predicted molar refractivity (Wildman–Crippen MR) is 267 cm³/mol. The Morgan fingerprint density at radius 3 is 1.43 bits per heavy atom. The van der Waals surface area contributed by atoms with Crippen LogP contribution in [0.3, 0.4) is 0 Å². The van der Waals surface area contributed by atoms with Crippen molar-refractivity contribution < 1.29 is 0 Å². The van der Waals surface area contributed by atoms with Crippen molar-refractivity contribution in [1.29, 1.82) is 0 Å². The molecule has 0 bridgehead atoms. The Kier molecular flexibility index (Phi) is 8.69. The van der Waals surface area contributed by atoms with Gasteiger partial charge >= 0.3 is 0 Å². The maximum absolute atomic E-state index is 2.39. The molecule has 0 saturated carbocycles. The average Bonchev–Trinajstić information content (AvgIpc) is 3.63. The van der Waals surface area contributed by atoms with Gasteiger partial charge in [0.15, 0.2) is 0 Å². The SMILES string of the molecule is CC1(c2ccccc2)c2ccccc2-c2c(-c3ccc4cc(N(c5ccc(-c6cccc7ccccc67)cc5)c5ccc(-c6cccc7ccccc67)cc5)ccc4c3)cccc21. The van der Waals surface area contributed by atoms with E-state index in [9.17, 15) is 0 Å². The summed E-state index contributed by atoms with van der Waals surface area (Å²) in [7, 11) is 0. The smallest absolute Gasteiger partial charge is 0.0468 e. The van der Waals surface area contributed by atoms with Crippen LogP contribution < -0.4 is 4.90 Å². The molecule has 0 spiro atoms. The fourth-order valence-electron chi connectivity index (χ4n) is 10.4. The lowest BCUT2D eigenvalue weighted by atomic mass is 9.74. The van der Waals surface area contributed by atoms with Crippen LogP contribution in [0.2, 0.25) is 0 Å². The number of nitrogens with zero attached hydrogens (tertiary/aromatic N) is 1. The molecule has 11 aromatic rings. The summed E-state index contributed by atoms with van der Waals surface area (Å²) in [5.41, 5.74) is 17.1. The number of benzene rings is 11. The topological polar surface area (TPSA) is 3.24 Å². The molecule has 11 aromatic carbocycles. The first-order valence-corrected chi connectivity index (χ1v) is 21.9. The predicted octanol–water partition coefficient (Wildman–Crippen LogP) is 17.0. The van der Waals surface area contributed by atoms with Crippen molar-refractivity contribution in [3.05, 3.63) is 259 Å². The normalized spacial score (nSPS) is 14.2. The van der Waals surface area contributed by atoms with Gasteiger partial charge in [-0.2, -0.15) is 0 Å². The minimum Gasteiger partial charge on any atom is -0.310 e. The summed E-state index contributed by atoms with van der Waals surface area (Å²) in [6.07, 6.45) is 0. The van der Waals surface area contributed by atoms with Gasteiger partial charge in [0.2, 0.25) is 0 Å². The number of hydrogen-bond acceptors (Lipinski definition) is 1. The third-order valence-electron chi connectivity index (χ3n) is 13.5. The molecule has 0 heterocycles. The van der Waals surface area contributed by atoms with Crippen LogP contribution in [-0.4, -0.2) is 0 Å². The number of rotatable bonds is 7. The van der Waals surface area contributed by atoms with Gasteiger partial charge < -0.3 is 4.90 Å². The van der Waals surface area contributed by atoms with Gasteiger partial charge in [0, 0.05) is 22.5 Å². The van der Waals surface area contributed by atoms with Gasteiger partial charge in [0.25, 0.3) is 0 Å². The van der Waals surface area contributed by atoms with Crippen molar-refractivity contribution in [1.82, 2.24) is 0 Å². The summed E-state index contributed by atoms with van der Waals surface area (Å²) in [6, 6.07) is 89.2. The molecular formula is C62H43N. The first-order chi connectivity index (χ1) is 31.1. The third-order valence-corrected chi connectivity index (χ3v) is 13.5. The van der Waals surface area contributed by atoms with Crippen LogP contribution in [0, 0.1) is 0 Å². The van der Waals surface area contributed by atoms with Gasteiger partial charge in [0.1, 0.15) is 0 Å². The van der Waals surface area contributed by atoms with E-state index in [2.05, 4.69) is 254 Å². The number of fused-ring (bicyclic) bond motifs is 6. The molecule has 1 aliphatic carbocycles. The zero-order chi connectivity index (χ0) is 41.9. The molecular weight excluding hydrogens is 759 g/mol. The highest BCUT2D eigenvalue weighted by atomic mass is 15.1. The van der Waals surface area contributed by atoms with E-state index in [-0.39, 0.29) is 5.41 Å². The van der Waals surface area contributed by atoms with Gasteiger partial charge in [-0.05, 0) is 143 Å². The summed E-state index contributed by atoms with van der Waals surface area (Å²) in [4.78, 5) is 2.39. The summed E-state index contributed by atoms with van der Waals surface area (Å²) < 4.78 is 0. The molecule has 1 heteroatoms. The fraction of sp³-hybridized carbons (Fsp3) is 0.0323. The molecule has 1 atom stereocenters. The standard InChI is InChI=1S/C62H43N/c1-62(49-18-3-2-4-19-49)59-26-10-9-22-58(59)61-57(25-13-27-60(61)62)48-29-28-47-41-52(39-34-46(47)40-48)63(50-35-30-44(31-36-50)55-23-11-16-42-14-5-7-20-53(42)55)51-37-32-45(33-38-51)56-24-12-17-43-15-6-8-21-54(43)56/h2-41H,1H3. The van der Waals surface area contributed by atoms with Crippen molar-refractivity contribution in [2.45, 2.75) is 12.3 Å². The second-order valence-corrected chi connectivity index (χ2v) is 17.0. The largest absolute Gasteiger partial charge is 0.310 e.